The summed E-state index contributed by atoms with van der Waals surface area (Å²) in [6.07, 6.45) is 0. The zero-order valence-corrected chi connectivity index (χ0v) is 9.57. The predicted molar refractivity (Wildman–Crippen MR) is 52.5 cm³/mol. The molecule has 0 radical (unpaired) electrons. The van der Waals surface area contributed by atoms with E-state index in [9.17, 15) is 0 Å². The first kappa shape index (κ1) is 10.4. The maximum Gasteiger partial charge on any atom is 0.0468 e. The van der Waals surface area contributed by atoms with Gasteiger partial charge < -0.3 is 0 Å². The van der Waals surface area contributed by atoms with Gasteiger partial charge in [-0.2, -0.15) is 4.67 Å². The van der Waals surface area contributed by atoms with Gasteiger partial charge in [-0.05, 0) is 41.5 Å². The monoisotopic (exact) mass is 162 g/mol. The molecule has 2 heteroatoms. The SMILES string of the molecule is CC(C)(C)N([PH3+])C(C)(C)C. The van der Waals surface area contributed by atoms with Crippen LogP contribution < -0.4 is 0 Å². The Hall–Kier alpha value is 0.390. The lowest BCUT2D eigenvalue weighted by atomic mass is 10.0. The average Bonchev–Trinajstić information content (AvgIpc) is 1.59. The van der Waals surface area contributed by atoms with E-state index in [1.54, 1.807) is 0 Å². The van der Waals surface area contributed by atoms with Crippen LogP contribution in [-0.2, 0) is 0 Å². The van der Waals surface area contributed by atoms with Crippen LogP contribution in [0.5, 0.6) is 0 Å². The predicted octanol–water partition coefficient (Wildman–Crippen LogP) is 2.41. The zero-order chi connectivity index (χ0) is 8.58. The highest BCUT2D eigenvalue weighted by Gasteiger charge is 2.31. The van der Waals surface area contributed by atoms with Crippen LogP contribution in [0.2, 0.25) is 0 Å². The second kappa shape index (κ2) is 2.79. The summed E-state index contributed by atoms with van der Waals surface area (Å²) in [5.74, 6) is 0. The van der Waals surface area contributed by atoms with Gasteiger partial charge in [0.2, 0.25) is 0 Å². The van der Waals surface area contributed by atoms with Gasteiger partial charge in [-0.1, -0.05) is 0 Å². The number of hydrogen-bond acceptors (Lipinski definition) is 1. The molecule has 0 aliphatic rings. The second-order valence-corrected chi connectivity index (χ2v) is 5.40. The van der Waals surface area contributed by atoms with Crippen LogP contribution in [0.15, 0.2) is 0 Å². The zero-order valence-electron chi connectivity index (χ0n) is 8.15. The van der Waals surface area contributed by atoms with Gasteiger partial charge in [-0.3, -0.25) is 0 Å². The molecule has 1 unspecified atom stereocenters. The molecule has 1 atom stereocenters. The number of rotatable bonds is 0. The van der Waals surface area contributed by atoms with E-state index < -0.39 is 0 Å². The molecule has 10 heavy (non-hydrogen) atoms. The highest BCUT2D eigenvalue weighted by molar-refractivity contribution is 7.13. The van der Waals surface area contributed by atoms with Crippen LogP contribution in [0.3, 0.4) is 0 Å². The standard InChI is InChI=1S/C8H20NP/c1-7(2,3)9(10)8(4,5)6/h10H2,1-6H3/p+1. The molecule has 0 aromatic carbocycles. The fourth-order valence-corrected chi connectivity index (χ4v) is 1.01. The lowest BCUT2D eigenvalue weighted by Crippen LogP contribution is -2.45. The lowest BCUT2D eigenvalue weighted by molar-refractivity contribution is 0.155. The molecule has 0 N–H and O–H groups in total. The van der Waals surface area contributed by atoms with Gasteiger partial charge in [0.25, 0.3) is 0 Å². The van der Waals surface area contributed by atoms with E-state index in [1.807, 2.05) is 9.39 Å². The summed E-state index contributed by atoms with van der Waals surface area (Å²) in [4.78, 5) is 0. The Kier molecular flexibility index (Phi) is 2.90. The highest BCUT2D eigenvalue weighted by atomic mass is 31.0. The normalized spacial score (nSPS) is 14.7. The van der Waals surface area contributed by atoms with Crippen LogP contribution in [0.1, 0.15) is 41.5 Å². The minimum Gasteiger partial charge on any atom is -0.177 e. The summed E-state index contributed by atoms with van der Waals surface area (Å²) in [5.41, 5.74) is 0.577. The third-order valence-electron chi connectivity index (χ3n) is 1.62. The van der Waals surface area contributed by atoms with Crippen molar-refractivity contribution < 1.29 is 0 Å². The Bertz CT molecular complexity index is 93.4. The van der Waals surface area contributed by atoms with Crippen molar-refractivity contribution in [2.24, 2.45) is 0 Å². The van der Waals surface area contributed by atoms with Gasteiger partial charge in [0, 0.05) is 20.5 Å². The lowest BCUT2D eigenvalue weighted by Gasteiger charge is -2.37. The molecule has 0 aromatic rings. The fraction of sp³-hybridized carbons (Fsp3) is 1.00. The molecule has 0 saturated carbocycles. The molecule has 1 nitrogen and oxygen atoms in total. The highest BCUT2D eigenvalue weighted by Crippen LogP contribution is 2.28. The Morgan fingerprint density at radius 1 is 0.800 bits per heavy atom. The van der Waals surface area contributed by atoms with E-state index in [4.69, 9.17) is 0 Å². The van der Waals surface area contributed by atoms with E-state index >= 15 is 0 Å². The Morgan fingerprint density at radius 3 is 1.00 bits per heavy atom. The molecule has 0 saturated heterocycles. The van der Waals surface area contributed by atoms with Crippen molar-refractivity contribution in [2.75, 3.05) is 0 Å². The molecule has 0 rings (SSSR count). The van der Waals surface area contributed by atoms with Crippen molar-refractivity contribution >= 4 is 9.39 Å². The molecule has 0 amide bonds. The van der Waals surface area contributed by atoms with E-state index in [0.717, 1.165) is 0 Å². The van der Waals surface area contributed by atoms with Crippen molar-refractivity contribution in [3.63, 3.8) is 0 Å². The quantitative estimate of drug-likeness (QED) is 0.494. The summed E-state index contributed by atoms with van der Waals surface area (Å²) in [5, 5.41) is 0. The molecule has 0 spiro atoms. The maximum absolute atomic E-state index is 2.40. The van der Waals surface area contributed by atoms with Crippen LogP contribution in [-0.4, -0.2) is 15.7 Å². The van der Waals surface area contributed by atoms with Crippen LogP contribution >= 0.6 is 9.39 Å². The van der Waals surface area contributed by atoms with Gasteiger partial charge in [-0.15, -0.1) is 0 Å². The van der Waals surface area contributed by atoms with Crippen molar-refractivity contribution in [1.82, 2.24) is 4.67 Å². The van der Waals surface area contributed by atoms with E-state index in [2.05, 4.69) is 46.2 Å². The second-order valence-electron chi connectivity index (χ2n) is 4.77. The Labute approximate surface area is 67.4 Å². The summed E-state index contributed by atoms with van der Waals surface area (Å²) in [7, 11) is 1.96. The summed E-state index contributed by atoms with van der Waals surface area (Å²) < 4.78 is 2.40. The van der Waals surface area contributed by atoms with Crippen molar-refractivity contribution in [3.8, 4) is 0 Å². The molecule has 0 bridgehead atoms. The smallest absolute Gasteiger partial charge is 0.0468 e. The molecule has 62 valence electrons. The number of hydrogen-bond donors (Lipinski definition) is 0. The maximum atomic E-state index is 2.40. The summed E-state index contributed by atoms with van der Waals surface area (Å²) >= 11 is 0. The molecule has 0 aromatic heterocycles. The van der Waals surface area contributed by atoms with Crippen molar-refractivity contribution in [1.29, 1.82) is 0 Å². The minimum absolute atomic E-state index is 0.288. The van der Waals surface area contributed by atoms with Crippen LogP contribution in [0, 0.1) is 0 Å². The Morgan fingerprint density at radius 2 is 1.00 bits per heavy atom. The summed E-state index contributed by atoms with van der Waals surface area (Å²) in [6, 6.07) is 0. The van der Waals surface area contributed by atoms with Crippen LogP contribution in [0.4, 0.5) is 0 Å². The average molecular weight is 162 g/mol. The van der Waals surface area contributed by atoms with Gasteiger partial charge in [0.15, 0.2) is 0 Å². The number of nitrogens with zero attached hydrogens (tertiary/aromatic N) is 1. The Balaban J connectivity index is 4.23. The third kappa shape index (κ3) is 2.98. The van der Waals surface area contributed by atoms with Gasteiger partial charge in [0.1, 0.15) is 0 Å². The molecule has 0 heterocycles. The van der Waals surface area contributed by atoms with Crippen molar-refractivity contribution in [3.05, 3.63) is 0 Å². The topological polar surface area (TPSA) is 3.24 Å². The fourth-order valence-electron chi connectivity index (χ4n) is 1.01. The van der Waals surface area contributed by atoms with E-state index in [1.165, 1.54) is 0 Å². The molecular formula is C8H21NP+. The van der Waals surface area contributed by atoms with E-state index in [0.29, 0.717) is 0 Å². The molecule has 0 aliphatic carbocycles. The van der Waals surface area contributed by atoms with Crippen molar-refractivity contribution in [2.45, 2.75) is 52.6 Å². The molecule has 0 fully saturated rings. The third-order valence-corrected chi connectivity index (χ3v) is 3.52. The summed E-state index contributed by atoms with van der Waals surface area (Å²) in [6.45, 7) is 13.4. The van der Waals surface area contributed by atoms with Crippen LogP contribution in [0.25, 0.3) is 0 Å². The largest absolute Gasteiger partial charge is 0.177 e. The molecule has 0 aliphatic heterocycles. The first-order chi connectivity index (χ1) is 4.15. The van der Waals surface area contributed by atoms with E-state index in [-0.39, 0.29) is 11.1 Å². The van der Waals surface area contributed by atoms with Gasteiger partial charge in [0.05, 0.1) is 0 Å². The van der Waals surface area contributed by atoms with Gasteiger partial charge >= 0.3 is 0 Å². The van der Waals surface area contributed by atoms with Gasteiger partial charge in [-0.25, -0.2) is 0 Å². The molecular weight excluding hydrogens is 141 g/mol. The first-order valence-corrected chi connectivity index (χ1v) is 4.40. The first-order valence-electron chi connectivity index (χ1n) is 3.76. The minimum atomic E-state index is 0.288.